The van der Waals surface area contributed by atoms with Gasteiger partial charge in [0.15, 0.2) is 0 Å². The summed E-state index contributed by atoms with van der Waals surface area (Å²) in [5, 5.41) is 17.6. The molecule has 1 aliphatic carbocycles. The molecule has 2 heterocycles. The molecule has 0 bridgehead atoms. The predicted octanol–water partition coefficient (Wildman–Crippen LogP) is 1.05. The first-order valence-electron chi connectivity index (χ1n) is 6.00. The molecule has 2 N–H and O–H groups in total. The summed E-state index contributed by atoms with van der Waals surface area (Å²) in [6, 6.07) is 3.21. The largest absolute Gasteiger partial charge is 0.390 e. The van der Waals surface area contributed by atoms with Crippen molar-refractivity contribution in [1.82, 2.24) is 10.2 Å². The Kier molecular flexibility index (Phi) is 2.98. The van der Waals surface area contributed by atoms with Crippen LogP contribution in [0, 0.1) is 0 Å². The lowest BCUT2D eigenvalue weighted by Gasteiger charge is -2.30. The van der Waals surface area contributed by atoms with Gasteiger partial charge in [-0.25, -0.2) is 0 Å². The van der Waals surface area contributed by atoms with Crippen LogP contribution >= 0.6 is 11.3 Å². The summed E-state index contributed by atoms with van der Waals surface area (Å²) in [4.78, 5) is 2.49. The molecule has 1 saturated heterocycles. The lowest BCUT2D eigenvalue weighted by Crippen LogP contribution is -2.44. The van der Waals surface area contributed by atoms with Gasteiger partial charge in [-0.3, -0.25) is 4.90 Å². The van der Waals surface area contributed by atoms with Crippen LogP contribution in [0.15, 0.2) is 16.8 Å². The van der Waals surface area contributed by atoms with Crippen molar-refractivity contribution in [3.63, 3.8) is 0 Å². The minimum atomic E-state index is -0.195. The van der Waals surface area contributed by atoms with E-state index in [2.05, 4.69) is 27.0 Å². The molecular formula is C12H18N2OS. The molecule has 4 heteroatoms. The van der Waals surface area contributed by atoms with Crippen LogP contribution in [0.4, 0.5) is 0 Å². The predicted molar refractivity (Wildman–Crippen MR) is 65.5 cm³/mol. The minimum Gasteiger partial charge on any atom is -0.390 e. The molecule has 3 nitrogen and oxygen atoms in total. The van der Waals surface area contributed by atoms with Crippen LogP contribution in [-0.4, -0.2) is 41.3 Å². The summed E-state index contributed by atoms with van der Waals surface area (Å²) in [6.07, 6.45) is 2.40. The first kappa shape index (κ1) is 10.7. The lowest BCUT2D eigenvalue weighted by molar-refractivity contribution is 0.0727. The van der Waals surface area contributed by atoms with Crippen LogP contribution in [0.1, 0.15) is 18.4 Å². The second kappa shape index (κ2) is 4.45. The number of hydrogen-bond acceptors (Lipinski definition) is 4. The van der Waals surface area contributed by atoms with Gasteiger partial charge in [0.05, 0.1) is 6.10 Å². The number of hydrogen-bond donors (Lipinski definition) is 2. The molecule has 2 atom stereocenters. The fraction of sp³-hybridized carbons (Fsp3) is 0.667. The number of aliphatic hydroxyl groups excluding tert-OH is 1. The Morgan fingerprint density at radius 3 is 2.88 bits per heavy atom. The van der Waals surface area contributed by atoms with E-state index >= 15 is 0 Å². The number of thiophene rings is 1. The summed E-state index contributed by atoms with van der Waals surface area (Å²) >= 11 is 1.75. The Hall–Kier alpha value is -0.420. The molecule has 1 aromatic rings. The topological polar surface area (TPSA) is 35.5 Å². The van der Waals surface area contributed by atoms with Crippen molar-refractivity contribution in [2.75, 3.05) is 13.1 Å². The van der Waals surface area contributed by atoms with Crippen LogP contribution < -0.4 is 5.32 Å². The molecule has 1 aromatic heterocycles. The first-order chi connectivity index (χ1) is 7.84. The SMILES string of the molecule is OC1CNCC1N(Cc1ccsc1)C1CC1. The van der Waals surface area contributed by atoms with Crippen LogP contribution in [0.2, 0.25) is 0 Å². The van der Waals surface area contributed by atoms with E-state index in [1.165, 1.54) is 18.4 Å². The normalized spacial score (nSPS) is 30.1. The van der Waals surface area contributed by atoms with Crippen molar-refractivity contribution in [2.24, 2.45) is 0 Å². The highest BCUT2D eigenvalue weighted by molar-refractivity contribution is 7.07. The van der Waals surface area contributed by atoms with E-state index in [9.17, 15) is 5.11 Å². The Morgan fingerprint density at radius 1 is 1.44 bits per heavy atom. The monoisotopic (exact) mass is 238 g/mol. The minimum absolute atomic E-state index is 0.195. The fourth-order valence-electron chi connectivity index (χ4n) is 2.51. The number of nitrogens with one attached hydrogen (secondary N) is 1. The Morgan fingerprint density at radius 2 is 2.31 bits per heavy atom. The molecule has 16 heavy (non-hydrogen) atoms. The van der Waals surface area contributed by atoms with Gasteiger partial charge in [-0.05, 0) is 35.2 Å². The molecule has 0 aromatic carbocycles. The molecule has 0 amide bonds. The second-order valence-electron chi connectivity index (χ2n) is 4.83. The highest BCUT2D eigenvalue weighted by Crippen LogP contribution is 2.32. The summed E-state index contributed by atoms with van der Waals surface area (Å²) in [5.41, 5.74) is 1.39. The maximum Gasteiger partial charge on any atom is 0.0832 e. The van der Waals surface area contributed by atoms with Gasteiger partial charge < -0.3 is 10.4 Å². The highest BCUT2D eigenvalue weighted by Gasteiger charge is 2.38. The number of β-amino-alcohol motifs (C(OH)–C–C–N with tert-alkyl or cyclic N) is 1. The van der Waals surface area contributed by atoms with Crippen molar-refractivity contribution >= 4 is 11.3 Å². The van der Waals surface area contributed by atoms with Crippen molar-refractivity contribution in [3.05, 3.63) is 22.4 Å². The molecule has 0 radical (unpaired) electrons. The molecule has 0 spiro atoms. The third-order valence-electron chi connectivity index (χ3n) is 3.54. The molecule has 2 aliphatic rings. The number of nitrogens with zero attached hydrogens (tertiary/aromatic N) is 1. The smallest absolute Gasteiger partial charge is 0.0832 e. The standard InChI is InChI=1S/C12H18N2OS/c15-12-6-13-5-11(12)14(10-1-2-10)7-9-3-4-16-8-9/h3-4,8,10-13,15H,1-2,5-7H2. The van der Waals surface area contributed by atoms with Gasteiger partial charge >= 0.3 is 0 Å². The van der Waals surface area contributed by atoms with E-state index < -0.39 is 0 Å². The first-order valence-corrected chi connectivity index (χ1v) is 6.94. The third-order valence-corrected chi connectivity index (χ3v) is 4.27. The Balaban J connectivity index is 1.71. The van der Waals surface area contributed by atoms with Crippen molar-refractivity contribution in [2.45, 2.75) is 37.6 Å². The quantitative estimate of drug-likeness (QED) is 0.823. The molecule has 2 fully saturated rings. The number of aliphatic hydroxyl groups is 1. The molecular weight excluding hydrogens is 220 g/mol. The van der Waals surface area contributed by atoms with E-state index in [1.54, 1.807) is 11.3 Å². The van der Waals surface area contributed by atoms with Crippen LogP contribution in [0.25, 0.3) is 0 Å². The van der Waals surface area contributed by atoms with E-state index in [-0.39, 0.29) is 6.10 Å². The average Bonchev–Trinajstić information content (AvgIpc) is 2.82. The van der Waals surface area contributed by atoms with Gasteiger partial charge in [0.2, 0.25) is 0 Å². The highest BCUT2D eigenvalue weighted by atomic mass is 32.1. The summed E-state index contributed by atoms with van der Waals surface area (Å²) < 4.78 is 0. The fourth-order valence-corrected chi connectivity index (χ4v) is 3.17. The van der Waals surface area contributed by atoms with E-state index in [0.717, 1.165) is 19.6 Å². The lowest BCUT2D eigenvalue weighted by atomic mass is 10.1. The zero-order valence-electron chi connectivity index (χ0n) is 9.30. The van der Waals surface area contributed by atoms with Gasteiger partial charge in [-0.15, -0.1) is 0 Å². The number of rotatable bonds is 4. The molecule has 3 rings (SSSR count). The van der Waals surface area contributed by atoms with Crippen LogP contribution in [-0.2, 0) is 6.54 Å². The molecule has 88 valence electrons. The average molecular weight is 238 g/mol. The Labute approximate surface area is 100 Å². The Bertz CT molecular complexity index is 337. The van der Waals surface area contributed by atoms with Crippen LogP contribution in [0.5, 0.6) is 0 Å². The van der Waals surface area contributed by atoms with Gasteiger partial charge in [-0.2, -0.15) is 11.3 Å². The van der Waals surface area contributed by atoms with E-state index in [0.29, 0.717) is 12.1 Å². The van der Waals surface area contributed by atoms with Crippen molar-refractivity contribution in [3.8, 4) is 0 Å². The van der Waals surface area contributed by atoms with Gasteiger partial charge in [0.1, 0.15) is 0 Å². The summed E-state index contributed by atoms with van der Waals surface area (Å²) in [6.45, 7) is 2.68. The van der Waals surface area contributed by atoms with E-state index in [4.69, 9.17) is 0 Å². The van der Waals surface area contributed by atoms with E-state index in [1.807, 2.05) is 0 Å². The molecule has 1 aliphatic heterocycles. The maximum absolute atomic E-state index is 9.96. The van der Waals surface area contributed by atoms with Gasteiger partial charge in [-0.1, -0.05) is 0 Å². The zero-order chi connectivity index (χ0) is 11.0. The summed E-state index contributed by atoms with van der Waals surface area (Å²) in [7, 11) is 0. The molecule has 1 saturated carbocycles. The van der Waals surface area contributed by atoms with Crippen molar-refractivity contribution < 1.29 is 5.11 Å². The second-order valence-corrected chi connectivity index (χ2v) is 5.61. The maximum atomic E-state index is 9.96. The van der Waals surface area contributed by atoms with Gasteiger partial charge in [0, 0.05) is 31.7 Å². The van der Waals surface area contributed by atoms with Crippen LogP contribution in [0.3, 0.4) is 0 Å². The third kappa shape index (κ3) is 2.15. The van der Waals surface area contributed by atoms with Gasteiger partial charge in [0.25, 0.3) is 0 Å². The van der Waals surface area contributed by atoms with Crippen molar-refractivity contribution in [1.29, 1.82) is 0 Å². The molecule has 2 unspecified atom stereocenters. The summed E-state index contributed by atoms with van der Waals surface area (Å²) in [5.74, 6) is 0. The zero-order valence-corrected chi connectivity index (χ0v) is 10.1.